The molecule has 21 heavy (non-hydrogen) atoms. The molecule has 0 amide bonds. The molecule has 0 aliphatic rings. The highest BCUT2D eigenvalue weighted by Crippen LogP contribution is 2.34. The number of hydrogen-bond acceptors (Lipinski definition) is 5. The van der Waals surface area contributed by atoms with Crippen molar-refractivity contribution in [2.24, 2.45) is 0 Å². The van der Waals surface area contributed by atoms with Gasteiger partial charge in [-0.05, 0) is 18.2 Å². The van der Waals surface area contributed by atoms with Crippen LogP contribution in [0.25, 0.3) is 11.3 Å². The van der Waals surface area contributed by atoms with E-state index in [-0.39, 0.29) is 38.4 Å². The van der Waals surface area contributed by atoms with E-state index in [1.807, 2.05) is 0 Å². The fourth-order valence-electron chi connectivity index (χ4n) is 1.77. The summed E-state index contributed by atoms with van der Waals surface area (Å²) in [6.07, 6.45) is 0. The van der Waals surface area contributed by atoms with Gasteiger partial charge in [0, 0.05) is 10.7 Å². The number of esters is 1. The smallest absolute Gasteiger partial charge is 0.358 e. The molecule has 0 bridgehead atoms. The van der Waals surface area contributed by atoms with Gasteiger partial charge in [-0.1, -0.05) is 23.2 Å². The summed E-state index contributed by atoms with van der Waals surface area (Å²) in [6.45, 7) is 0. The van der Waals surface area contributed by atoms with Crippen LogP contribution in [0.3, 0.4) is 0 Å². The quantitative estimate of drug-likeness (QED) is 0.652. The Morgan fingerprint density at radius 1 is 1.24 bits per heavy atom. The van der Waals surface area contributed by atoms with Crippen molar-refractivity contribution in [3.63, 3.8) is 0 Å². The molecule has 0 spiro atoms. The minimum Gasteiger partial charge on any atom is -0.464 e. The molecule has 110 valence electrons. The van der Waals surface area contributed by atoms with Gasteiger partial charge in [0.1, 0.15) is 5.82 Å². The second-order valence-corrected chi connectivity index (χ2v) is 4.92. The van der Waals surface area contributed by atoms with Crippen LogP contribution in [0.2, 0.25) is 10.0 Å². The zero-order chi connectivity index (χ0) is 15.7. The van der Waals surface area contributed by atoms with Crippen LogP contribution in [0.5, 0.6) is 0 Å². The molecule has 4 N–H and O–H groups in total. The number of ether oxygens (including phenoxy) is 1. The number of carbonyl (C=O) groups is 1. The van der Waals surface area contributed by atoms with Gasteiger partial charge in [-0.25, -0.2) is 14.2 Å². The lowest BCUT2D eigenvalue weighted by atomic mass is 10.1. The van der Waals surface area contributed by atoms with Crippen molar-refractivity contribution in [1.29, 1.82) is 0 Å². The van der Waals surface area contributed by atoms with Crippen molar-refractivity contribution in [1.82, 2.24) is 4.98 Å². The summed E-state index contributed by atoms with van der Waals surface area (Å²) in [5.74, 6) is -1.48. The first-order chi connectivity index (χ1) is 9.85. The number of aromatic nitrogens is 1. The third-order valence-electron chi connectivity index (χ3n) is 2.71. The molecule has 0 radical (unpaired) electrons. The van der Waals surface area contributed by atoms with E-state index in [0.717, 1.165) is 6.07 Å². The maximum absolute atomic E-state index is 14.0. The number of benzene rings is 1. The number of halogens is 3. The Morgan fingerprint density at radius 2 is 1.90 bits per heavy atom. The lowest BCUT2D eigenvalue weighted by Crippen LogP contribution is -2.09. The lowest BCUT2D eigenvalue weighted by molar-refractivity contribution is 0.0594. The molecule has 0 unspecified atom stereocenters. The van der Waals surface area contributed by atoms with Crippen LogP contribution in [0.15, 0.2) is 18.2 Å². The molecule has 1 aromatic carbocycles. The van der Waals surface area contributed by atoms with Crippen molar-refractivity contribution >= 4 is 40.5 Å². The first-order valence-corrected chi connectivity index (χ1v) is 6.40. The number of nitrogens with two attached hydrogens (primary N) is 2. The maximum atomic E-state index is 14.0. The van der Waals surface area contributed by atoms with Gasteiger partial charge in [0.2, 0.25) is 0 Å². The SMILES string of the molecule is COC(=O)c1nc(-c2c(N)cc(Cl)cc2F)cc(N)c1Cl. The van der Waals surface area contributed by atoms with E-state index >= 15 is 0 Å². The average molecular weight is 330 g/mol. The topological polar surface area (TPSA) is 91.2 Å². The first-order valence-electron chi connectivity index (χ1n) is 5.64. The van der Waals surface area contributed by atoms with Crippen molar-refractivity contribution in [2.75, 3.05) is 18.6 Å². The number of hydrogen-bond donors (Lipinski definition) is 2. The van der Waals surface area contributed by atoms with Crippen molar-refractivity contribution < 1.29 is 13.9 Å². The molecule has 0 fully saturated rings. The molecular weight excluding hydrogens is 320 g/mol. The van der Waals surface area contributed by atoms with Gasteiger partial charge in [0.05, 0.1) is 29.1 Å². The number of pyridine rings is 1. The Hall–Kier alpha value is -2.05. The van der Waals surface area contributed by atoms with Gasteiger partial charge < -0.3 is 16.2 Å². The average Bonchev–Trinajstić information content (AvgIpc) is 2.40. The van der Waals surface area contributed by atoms with Crippen LogP contribution >= 0.6 is 23.2 Å². The monoisotopic (exact) mass is 329 g/mol. The van der Waals surface area contributed by atoms with Crippen molar-refractivity contribution in [3.8, 4) is 11.3 Å². The zero-order valence-corrected chi connectivity index (χ0v) is 12.3. The first kappa shape index (κ1) is 15.3. The standard InChI is InChI=1S/C13H10Cl2FN3O2/c1-21-13(20)12-11(15)8(18)4-9(19-12)10-6(16)2-5(14)3-7(10)17/h2-4H,17H2,1H3,(H2,18,19). The summed E-state index contributed by atoms with van der Waals surface area (Å²) >= 11 is 11.6. The minimum absolute atomic E-state index is 0.0204. The molecular formula is C13H10Cl2FN3O2. The second kappa shape index (κ2) is 5.75. The van der Waals surface area contributed by atoms with E-state index in [0.29, 0.717) is 0 Å². The molecule has 8 heteroatoms. The van der Waals surface area contributed by atoms with Crippen LogP contribution in [-0.2, 0) is 4.74 Å². The highest BCUT2D eigenvalue weighted by molar-refractivity contribution is 6.35. The van der Waals surface area contributed by atoms with E-state index < -0.39 is 11.8 Å². The second-order valence-electron chi connectivity index (χ2n) is 4.10. The van der Waals surface area contributed by atoms with Gasteiger partial charge in [0.25, 0.3) is 0 Å². The van der Waals surface area contributed by atoms with Gasteiger partial charge in [-0.3, -0.25) is 0 Å². The number of nitrogen functional groups attached to an aromatic ring is 2. The minimum atomic E-state index is -0.790. The van der Waals surface area contributed by atoms with E-state index in [4.69, 9.17) is 34.7 Å². The molecule has 0 aliphatic heterocycles. The molecule has 0 saturated heterocycles. The summed E-state index contributed by atoms with van der Waals surface area (Å²) in [5, 5.41) is 0.0717. The number of rotatable bonds is 2. The molecule has 5 nitrogen and oxygen atoms in total. The fraction of sp³-hybridized carbons (Fsp3) is 0.0769. The molecule has 1 aromatic heterocycles. The van der Waals surface area contributed by atoms with E-state index in [2.05, 4.69) is 9.72 Å². The molecule has 2 aromatic rings. The highest BCUT2D eigenvalue weighted by Gasteiger charge is 2.20. The lowest BCUT2D eigenvalue weighted by Gasteiger charge is -2.11. The highest BCUT2D eigenvalue weighted by atomic mass is 35.5. The number of anilines is 2. The van der Waals surface area contributed by atoms with Crippen molar-refractivity contribution in [2.45, 2.75) is 0 Å². The zero-order valence-electron chi connectivity index (χ0n) is 10.8. The Morgan fingerprint density at radius 3 is 2.48 bits per heavy atom. The fourth-order valence-corrected chi connectivity index (χ4v) is 2.16. The number of nitrogens with zero attached hydrogens (tertiary/aromatic N) is 1. The predicted molar refractivity (Wildman–Crippen MR) is 79.8 cm³/mol. The van der Waals surface area contributed by atoms with Crippen LogP contribution in [0.4, 0.5) is 15.8 Å². The molecule has 0 aliphatic carbocycles. The molecule has 0 saturated carbocycles. The Balaban J connectivity index is 2.71. The summed E-state index contributed by atoms with van der Waals surface area (Å²) in [4.78, 5) is 15.6. The van der Waals surface area contributed by atoms with E-state index in [1.165, 1.54) is 19.2 Å². The van der Waals surface area contributed by atoms with E-state index in [9.17, 15) is 9.18 Å². The third kappa shape index (κ3) is 2.86. The Bertz CT molecular complexity index is 715. The number of methoxy groups -OCH3 is 1. The number of carbonyl (C=O) groups excluding carboxylic acids is 1. The maximum Gasteiger partial charge on any atom is 0.358 e. The summed E-state index contributed by atoms with van der Waals surface area (Å²) < 4.78 is 18.6. The van der Waals surface area contributed by atoms with Gasteiger partial charge in [-0.15, -0.1) is 0 Å². The van der Waals surface area contributed by atoms with Crippen LogP contribution in [-0.4, -0.2) is 18.1 Å². The van der Waals surface area contributed by atoms with Crippen LogP contribution in [0.1, 0.15) is 10.5 Å². The summed E-state index contributed by atoms with van der Waals surface area (Å²) in [5.41, 5.74) is 11.4. The Kier molecular flexibility index (Phi) is 4.20. The normalized spacial score (nSPS) is 10.5. The molecule has 1 heterocycles. The van der Waals surface area contributed by atoms with E-state index in [1.54, 1.807) is 0 Å². The largest absolute Gasteiger partial charge is 0.464 e. The summed E-state index contributed by atoms with van der Waals surface area (Å²) in [7, 11) is 1.17. The van der Waals surface area contributed by atoms with Crippen LogP contribution in [0, 0.1) is 5.82 Å². The molecule has 0 atom stereocenters. The van der Waals surface area contributed by atoms with Crippen molar-refractivity contribution in [3.05, 3.63) is 39.8 Å². The predicted octanol–water partition coefficient (Wildman–Crippen LogP) is 3.15. The summed E-state index contributed by atoms with van der Waals surface area (Å²) in [6, 6.07) is 3.76. The van der Waals surface area contributed by atoms with Gasteiger partial charge in [-0.2, -0.15) is 0 Å². The van der Waals surface area contributed by atoms with Gasteiger partial charge >= 0.3 is 5.97 Å². The Labute approximate surface area is 129 Å². The van der Waals surface area contributed by atoms with Gasteiger partial charge in [0.15, 0.2) is 5.69 Å². The molecule has 2 rings (SSSR count). The van der Waals surface area contributed by atoms with Crippen LogP contribution < -0.4 is 11.5 Å². The third-order valence-corrected chi connectivity index (χ3v) is 3.32.